The van der Waals surface area contributed by atoms with Gasteiger partial charge in [-0.25, -0.2) is 14.1 Å². The van der Waals surface area contributed by atoms with E-state index in [1.807, 2.05) is 22.6 Å². The lowest BCUT2D eigenvalue weighted by atomic mass is 10.1. The van der Waals surface area contributed by atoms with Crippen LogP contribution in [0.4, 0.5) is 20.6 Å². The maximum Gasteiger partial charge on any atom is 0.335 e. The number of ether oxygens (including phenoxy) is 2. The minimum Gasteiger partial charge on any atom is -0.493 e. The average molecular weight is 650 g/mol. The molecule has 0 saturated carbocycles. The Morgan fingerprint density at radius 3 is 2.53 bits per heavy atom. The van der Waals surface area contributed by atoms with Crippen LogP contribution in [0.3, 0.4) is 0 Å². The molecule has 0 aromatic heterocycles. The van der Waals surface area contributed by atoms with Crippen LogP contribution in [-0.2, 0) is 14.4 Å². The SMILES string of the molecule is COc1cc(/C=C2\C(=O)NC(=O)N(c3ccc(F)cc3)C2=O)cc(I)c1OCC(=O)Nc1ccccc1Cl. The number of carbonyl (C=O) groups is 4. The highest BCUT2D eigenvalue weighted by Crippen LogP contribution is 2.35. The summed E-state index contributed by atoms with van der Waals surface area (Å²) in [5.74, 6) is -2.25. The van der Waals surface area contributed by atoms with Crippen LogP contribution >= 0.6 is 34.2 Å². The third kappa shape index (κ3) is 5.94. The summed E-state index contributed by atoms with van der Waals surface area (Å²) >= 11 is 8.03. The summed E-state index contributed by atoms with van der Waals surface area (Å²) in [5.41, 5.74) is 0.610. The molecule has 3 aromatic carbocycles. The summed E-state index contributed by atoms with van der Waals surface area (Å²) in [6, 6.07) is 13.6. The molecule has 1 aliphatic rings. The van der Waals surface area contributed by atoms with Gasteiger partial charge in [-0.15, -0.1) is 0 Å². The predicted molar refractivity (Wildman–Crippen MR) is 147 cm³/mol. The first-order chi connectivity index (χ1) is 18.2. The fourth-order valence-electron chi connectivity index (χ4n) is 3.50. The third-order valence-electron chi connectivity index (χ3n) is 5.24. The number of nitrogens with one attached hydrogen (secondary N) is 2. The van der Waals surface area contributed by atoms with Gasteiger partial charge in [-0.3, -0.25) is 19.7 Å². The zero-order valence-electron chi connectivity index (χ0n) is 19.6. The third-order valence-corrected chi connectivity index (χ3v) is 6.38. The maximum absolute atomic E-state index is 13.3. The topological polar surface area (TPSA) is 114 Å². The summed E-state index contributed by atoms with van der Waals surface area (Å²) < 4.78 is 24.9. The second-order valence-electron chi connectivity index (χ2n) is 7.79. The molecule has 38 heavy (non-hydrogen) atoms. The van der Waals surface area contributed by atoms with Gasteiger partial charge in [-0.1, -0.05) is 23.7 Å². The molecule has 4 rings (SSSR count). The molecule has 0 aliphatic carbocycles. The predicted octanol–water partition coefficient (Wildman–Crippen LogP) is 4.78. The Labute approximate surface area is 234 Å². The van der Waals surface area contributed by atoms with Gasteiger partial charge in [0.15, 0.2) is 18.1 Å². The average Bonchev–Trinajstić information content (AvgIpc) is 2.88. The lowest BCUT2D eigenvalue weighted by molar-refractivity contribution is -0.122. The van der Waals surface area contributed by atoms with Gasteiger partial charge in [-0.05, 0) is 82.8 Å². The minimum atomic E-state index is -0.949. The number of barbiturate groups is 1. The molecule has 0 bridgehead atoms. The van der Waals surface area contributed by atoms with E-state index in [1.54, 1.807) is 30.3 Å². The molecule has 3 aromatic rings. The molecule has 0 unspecified atom stereocenters. The molecule has 2 N–H and O–H groups in total. The first kappa shape index (κ1) is 27.1. The molecule has 1 saturated heterocycles. The summed E-state index contributed by atoms with van der Waals surface area (Å²) in [5, 5.41) is 5.14. The molecule has 1 heterocycles. The number of hydrogen-bond donors (Lipinski definition) is 2. The molecule has 0 radical (unpaired) electrons. The van der Waals surface area contributed by atoms with E-state index in [-0.39, 0.29) is 29.4 Å². The summed E-state index contributed by atoms with van der Waals surface area (Å²) in [6.07, 6.45) is 1.29. The van der Waals surface area contributed by atoms with E-state index in [2.05, 4.69) is 10.6 Å². The Balaban J connectivity index is 1.56. The quantitative estimate of drug-likeness (QED) is 0.217. The number of methoxy groups -OCH3 is 1. The van der Waals surface area contributed by atoms with E-state index in [0.717, 1.165) is 17.0 Å². The van der Waals surface area contributed by atoms with Gasteiger partial charge in [0.1, 0.15) is 11.4 Å². The van der Waals surface area contributed by atoms with Crippen molar-refractivity contribution < 1.29 is 33.0 Å². The van der Waals surface area contributed by atoms with Gasteiger partial charge in [0.2, 0.25) is 0 Å². The smallest absolute Gasteiger partial charge is 0.335 e. The summed E-state index contributed by atoms with van der Waals surface area (Å²) in [4.78, 5) is 51.0. The van der Waals surface area contributed by atoms with Crippen LogP contribution in [0.25, 0.3) is 6.08 Å². The number of halogens is 3. The Morgan fingerprint density at radius 1 is 1.13 bits per heavy atom. The van der Waals surface area contributed by atoms with Crippen LogP contribution in [0.15, 0.2) is 66.2 Å². The van der Waals surface area contributed by atoms with E-state index < -0.39 is 29.6 Å². The normalized spacial score (nSPS) is 14.4. The molecular weight excluding hydrogens is 632 g/mol. The fraction of sp³-hybridized carbons (Fsp3) is 0.0769. The number of nitrogens with zero attached hydrogens (tertiary/aromatic N) is 1. The maximum atomic E-state index is 13.3. The Kier molecular flexibility index (Phi) is 8.27. The summed E-state index contributed by atoms with van der Waals surface area (Å²) in [6.45, 7) is -0.340. The Morgan fingerprint density at radius 2 is 1.84 bits per heavy atom. The molecule has 0 spiro atoms. The van der Waals surface area contributed by atoms with Crippen LogP contribution in [0, 0.1) is 9.39 Å². The minimum absolute atomic E-state index is 0.0956. The largest absolute Gasteiger partial charge is 0.493 e. The van der Waals surface area contributed by atoms with E-state index in [9.17, 15) is 23.6 Å². The van der Waals surface area contributed by atoms with Crippen molar-refractivity contribution in [3.05, 3.63) is 86.2 Å². The Hall–Kier alpha value is -3.97. The number of urea groups is 1. The van der Waals surface area contributed by atoms with Crippen molar-refractivity contribution >= 4 is 75.4 Å². The van der Waals surface area contributed by atoms with Crippen molar-refractivity contribution in [2.75, 3.05) is 23.9 Å². The van der Waals surface area contributed by atoms with Crippen LogP contribution in [0.5, 0.6) is 11.5 Å². The monoisotopic (exact) mass is 649 g/mol. The standard InChI is InChI=1S/C26H18ClFIN3O6/c1-37-21-12-14(11-19(29)23(21)38-13-22(33)30-20-5-3-2-4-18(20)27)10-17-24(34)31-26(36)32(25(17)35)16-8-6-15(28)7-9-16/h2-12H,13H2,1H3,(H,30,33)(H,31,34,36)/b17-10+. The van der Waals surface area contributed by atoms with Crippen molar-refractivity contribution in [3.63, 3.8) is 0 Å². The number of para-hydroxylation sites is 1. The van der Waals surface area contributed by atoms with E-state index in [1.165, 1.54) is 31.4 Å². The zero-order valence-corrected chi connectivity index (χ0v) is 22.5. The highest BCUT2D eigenvalue weighted by Gasteiger charge is 2.37. The lowest BCUT2D eigenvalue weighted by Gasteiger charge is -2.26. The molecule has 12 heteroatoms. The van der Waals surface area contributed by atoms with Gasteiger partial charge in [-0.2, -0.15) is 0 Å². The van der Waals surface area contributed by atoms with Crippen LogP contribution in [0.2, 0.25) is 5.02 Å². The highest BCUT2D eigenvalue weighted by atomic mass is 127. The van der Waals surface area contributed by atoms with Crippen LogP contribution in [-0.4, -0.2) is 37.5 Å². The molecule has 9 nitrogen and oxygen atoms in total. The summed E-state index contributed by atoms with van der Waals surface area (Å²) in [7, 11) is 1.40. The Bertz CT molecular complexity index is 1480. The lowest BCUT2D eigenvalue weighted by Crippen LogP contribution is -2.54. The molecule has 5 amide bonds. The molecular formula is C26H18ClFIN3O6. The molecule has 1 aliphatic heterocycles. The van der Waals surface area contributed by atoms with Gasteiger partial charge >= 0.3 is 6.03 Å². The highest BCUT2D eigenvalue weighted by molar-refractivity contribution is 14.1. The molecule has 0 atom stereocenters. The van der Waals surface area contributed by atoms with E-state index in [0.29, 0.717) is 19.8 Å². The van der Waals surface area contributed by atoms with E-state index >= 15 is 0 Å². The van der Waals surface area contributed by atoms with E-state index in [4.69, 9.17) is 21.1 Å². The number of hydrogen-bond acceptors (Lipinski definition) is 6. The van der Waals surface area contributed by atoms with Crippen molar-refractivity contribution in [3.8, 4) is 11.5 Å². The molecule has 1 fully saturated rings. The van der Waals surface area contributed by atoms with Gasteiger partial charge in [0.05, 0.1) is 27.1 Å². The van der Waals surface area contributed by atoms with Gasteiger partial charge in [0.25, 0.3) is 17.7 Å². The number of imide groups is 2. The number of carbonyl (C=O) groups excluding carboxylic acids is 4. The van der Waals surface area contributed by atoms with Crippen molar-refractivity contribution in [2.24, 2.45) is 0 Å². The van der Waals surface area contributed by atoms with Crippen molar-refractivity contribution in [2.45, 2.75) is 0 Å². The number of benzene rings is 3. The number of rotatable bonds is 7. The number of amides is 5. The van der Waals surface area contributed by atoms with Crippen molar-refractivity contribution in [1.82, 2.24) is 5.32 Å². The second-order valence-corrected chi connectivity index (χ2v) is 9.35. The second kappa shape index (κ2) is 11.6. The van der Waals surface area contributed by atoms with Crippen LogP contribution in [0.1, 0.15) is 5.56 Å². The van der Waals surface area contributed by atoms with Crippen molar-refractivity contribution in [1.29, 1.82) is 0 Å². The first-order valence-electron chi connectivity index (χ1n) is 10.9. The molecule has 194 valence electrons. The van der Waals surface area contributed by atoms with Gasteiger partial charge < -0.3 is 14.8 Å². The zero-order chi connectivity index (χ0) is 27.4. The number of anilines is 2. The van der Waals surface area contributed by atoms with Crippen LogP contribution < -0.4 is 25.0 Å². The first-order valence-corrected chi connectivity index (χ1v) is 12.4. The van der Waals surface area contributed by atoms with Gasteiger partial charge in [0, 0.05) is 0 Å². The fourth-order valence-corrected chi connectivity index (χ4v) is 4.46.